The van der Waals surface area contributed by atoms with Crippen LogP contribution in [0.15, 0.2) is 45.3 Å². The van der Waals surface area contributed by atoms with Gasteiger partial charge >= 0.3 is 6.03 Å². The van der Waals surface area contributed by atoms with Crippen molar-refractivity contribution in [1.82, 2.24) is 14.7 Å². The predicted molar refractivity (Wildman–Crippen MR) is 136 cm³/mol. The van der Waals surface area contributed by atoms with Crippen molar-refractivity contribution >= 4 is 55.2 Å². The Bertz CT molecular complexity index is 1060. The highest BCUT2D eigenvalue weighted by Gasteiger charge is 2.36. The summed E-state index contributed by atoms with van der Waals surface area (Å²) in [6.07, 6.45) is 2.89. The Labute approximate surface area is 210 Å². The second kappa shape index (κ2) is 9.27. The summed E-state index contributed by atoms with van der Waals surface area (Å²) in [6, 6.07) is 12.2. The van der Waals surface area contributed by atoms with E-state index in [4.69, 9.17) is 5.73 Å². The number of urea groups is 1. The third-order valence-electron chi connectivity index (χ3n) is 7.09. The molecule has 2 fully saturated rings. The summed E-state index contributed by atoms with van der Waals surface area (Å²) in [5.74, 6) is 0.0393. The molecule has 174 valence electrons. The second-order valence-corrected chi connectivity index (χ2v) is 10.7. The number of nitrogens with two attached hydrogens (primary N) is 1. The zero-order chi connectivity index (χ0) is 23.1. The number of hydrogen-bond donors (Lipinski definition) is 2. The van der Waals surface area contributed by atoms with Crippen LogP contribution < -0.4 is 11.1 Å². The predicted octanol–water partition coefficient (Wildman–Crippen LogP) is 4.52. The third kappa shape index (κ3) is 4.50. The lowest BCUT2D eigenvalue weighted by atomic mass is 9.99. The molecule has 2 saturated heterocycles. The molecule has 3 heterocycles. The van der Waals surface area contributed by atoms with Gasteiger partial charge in [0.1, 0.15) is 0 Å². The number of nitrogens with one attached hydrogen (secondary N) is 1. The molecule has 9 heteroatoms. The van der Waals surface area contributed by atoms with Crippen molar-refractivity contribution in [3.05, 3.63) is 56.5 Å². The van der Waals surface area contributed by atoms with E-state index in [0.29, 0.717) is 23.8 Å². The Kier molecular flexibility index (Phi) is 6.37. The maximum Gasteiger partial charge on any atom is 0.322 e. The van der Waals surface area contributed by atoms with Crippen LogP contribution in [0, 0.1) is 0 Å². The van der Waals surface area contributed by atoms with Crippen LogP contribution in [0.25, 0.3) is 0 Å². The number of amides is 3. The molecule has 0 bridgehead atoms. The number of hydrogen-bond acceptors (Lipinski definition) is 4. The largest absolute Gasteiger partial charge is 0.397 e. The molecule has 1 atom stereocenters. The SMILES string of the molecule is Nc1c(Br)cc(C(=O)N2CC[C@H](N3CCC(N4Cc5ccccc5NC4=O)CC3)C2)cc1Br. The fourth-order valence-electron chi connectivity index (χ4n) is 5.19. The molecule has 7 nitrogen and oxygen atoms in total. The number of fused-ring (bicyclic) bond motifs is 1. The van der Waals surface area contributed by atoms with Gasteiger partial charge in [-0.3, -0.25) is 9.69 Å². The van der Waals surface area contributed by atoms with E-state index < -0.39 is 0 Å². The van der Waals surface area contributed by atoms with Crippen molar-refractivity contribution in [2.24, 2.45) is 0 Å². The maximum absolute atomic E-state index is 13.1. The number of benzene rings is 2. The molecule has 3 amide bonds. The van der Waals surface area contributed by atoms with Crippen LogP contribution in [-0.2, 0) is 6.54 Å². The van der Waals surface area contributed by atoms with E-state index in [2.05, 4.69) is 48.1 Å². The number of carbonyl (C=O) groups excluding carboxylic acids is 2. The van der Waals surface area contributed by atoms with E-state index in [9.17, 15) is 9.59 Å². The average Bonchev–Trinajstić information content (AvgIpc) is 3.32. The van der Waals surface area contributed by atoms with Crippen molar-refractivity contribution in [3.8, 4) is 0 Å². The number of rotatable bonds is 3. The summed E-state index contributed by atoms with van der Waals surface area (Å²) in [5.41, 5.74) is 9.30. The summed E-state index contributed by atoms with van der Waals surface area (Å²) < 4.78 is 1.45. The first kappa shape index (κ1) is 22.7. The van der Waals surface area contributed by atoms with Gasteiger partial charge in [-0.25, -0.2) is 4.79 Å². The quantitative estimate of drug-likeness (QED) is 0.526. The standard InChI is InChI=1S/C24H27Br2N5O2/c25-19-11-16(12-20(26)22(19)27)23(32)30-10-7-18(14-30)29-8-5-17(6-9-29)31-13-15-3-1-2-4-21(15)28-24(31)33/h1-4,11-12,17-18H,5-10,13-14,27H2,(H,28,33)/t18-/m0/s1. The van der Waals surface area contributed by atoms with Crippen molar-refractivity contribution < 1.29 is 9.59 Å². The minimum absolute atomic E-state index is 0.00519. The molecule has 0 spiro atoms. The molecule has 0 unspecified atom stereocenters. The third-order valence-corrected chi connectivity index (χ3v) is 8.41. The second-order valence-electron chi connectivity index (χ2n) is 9.03. The molecule has 0 aliphatic carbocycles. The molecule has 0 radical (unpaired) electrons. The Balaban J connectivity index is 1.17. The Hall–Kier alpha value is -2.10. The summed E-state index contributed by atoms with van der Waals surface area (Å²) in [6.45, 7) is 4.06. The summed E-state index contributed by atoms with van der Waals surface area (Å²) >= 11 is 6.87. The van der Waals surface area contributed by atoms with Crippen LogP contribution in [0.3, 0.4) is 0 Å². The fourth-order valence-corrected chi connectivity index (χ4v) is 6.38. The molecule has 0 saturated carbocycles. The number of para-hydroxylation sites is 1. The lowest BCUT2D eigenvalue weighted by Crippen LogP contribution is -2.52. The van der Waals surface area contributed by atoms with Crippen LogP contribution >= 0.6 is 31.9 Å². The minimum Gasteiger partial charge on any atom is -0.397 e. The summed E-state index contributed by atoms with van der Waals surface area (Å²) in [5, 5.41) is 3.03. The fraction of sp³-hybridized carbons (Fsp3) is 0.417. The lowest BCUT2D eigenvalue weighted by molar-refractivity contribution is 0.0744. The van der Waals surface area contributed by atoms with Gasteiger partial charge in [-0.05, 0) is 74.9 Å². The molecule has 33 heavy (non-hydrogen) atoms. The van der Waals surface area contributed by atoms with E-state index in [1.807, 2.05) is 28.0 Å². The number of piperidine rings is 1. The van der Waals surface area contributed by atoms with Gasteiger partial charge in [0.25, 0.3) is 5.91 Å². The number of halogens is 2. The highest BCUT2D eigenvalue weighted by Crippen LogP contribution is 2.32. The molecule has 3 N–H and O–H groups in total. The number of nitrogen functional groups attached to an aromatic ring is 1. The molecule has 3 aliphatic rings. The lowest BCUT2D eigenvalue weighted by Gasteiger charge is -2.42. The highest BCUT2D eigenvalue weighted by atomic mass is 79.9. The molecule has 2 aromatic rings. The monoisotopic (exact) mass is 575 g/mol. The van der Waals surface area contributed by atoms with Gasteiger partial charge in [-0.1, -0.05) is 18.2 Å². The van der Waals surface area contributed by atoms with Crippen LogP contribution in [-0.4, -0.2) is 64.9 Å². The van der Waals surface area contributed by atoms with Gasteiger partial charge in [-0.2, -0.15) is 0 Å². The highest BCUT2D eigenvalue weighted by molar-refractivity contribution is 9.11. The Morgan fingerprint density at radius 1 is 1.00 bits per heavy atom. The van der Waals surface area contributed by atoms with Gasteiger partial charge in [-0.15, -0.1) is 0 Å². The van der Waals surface area contributed by atoms with E-state index in [1.165, 1.54) is 5.56 Å². The van der Waals surface area contributed by atoms with E-state index in [0.717, 1.165) is 60.1 Å². The summed E-state index contributed by atoms with van der Waals surface area (Å²) in [7, 11) is 0. The number of nitrogens with zero attached hydrogens (tertiary/aromatic N) is 3. The molecule has 2 aromatic carbocycles. The van der Waals surface area contributed by atoms with Gasteiger partial charge < -0.3 is 20.9 Å². The van der Waals surface area contributed by atoms with Gasteiger partial charge in [0, 0.05) is 65.0 Å². The van der Waals surface area contributed by atoms with Crippen molar-refractivity contribution in [1.29, 1.82) is 0 Å². The minimum atomic E-state index is 0.00519. The van der Waals surface area contributed by atoms with E-state index in [1.54, 1.807) is 12.1 Å². The average molecular weight is 577 g/mol. The zero-order valence-corrected chi connectivity index (χ0v) is 21.4. The van der Waals surface area contributed by atoms with Crippen LogP contribution in [0.1, 0.15) is 35.2 Å². The summed E-state index contributed by atoms with van der Waals surface area (Å²) in [4.78, 5) is 32.1. The van der Waals surface area contributed by atoms with Crippen LogP contribution in [0.4, 0.5) is 16.2 Å². The Morgan fingerprint density at radius 3 is 2.39 bits per heavy atom. The van der Waals surface area contributed by atoms with E-state index in [-0.39, 0.29) is 18.0 Å². The first-order chi connectivity index (χ1) is 15.9. The number of carbonyl (C=O) groups is 2. The molecular formula is C24H27Br2N5O2. The van der Waals surface area contributed by atoms with E-state index >= 15 is 0 Å². The van der Waals surface area contributed by atoms with Crippen molar-refractivity contribution in [2.45, 2.75) is 37.9 Å². The molecule has 0 aromatic heterocycles. The van der Waals surface area contributed by atoms with Gasteiger partial charge in [0.2, 0.25) is 0 Å². The van der Waals surface area contributed by atoms with Crippen molar-refractivity contribution in [2.75, 3.05) is 37.2 Å². The normalized spacial score (nSPS) is 21.8. The number of anilines is 2. The Morgan fingerprint density at radius 2 is 1.67 bits per heavy atom. The first-order valence-corrected chi connectivity index (χ1v) is 12.9. The van der Waals surface area contributed by atoms with Gasteiger partial charge in [0.05, 0.1) is 5.69 Å². The van der Waals surface area contributed by atoms with Crippen LogP contribution in [0.2, 0.25) is 0 Å². The van der Waals surface area contributed by atoms with Crippen LogP contribution in [0.5, 0.6) is 0 Å². The number of likely N-dealkylation sites (tertiary alicyclic amines) is 2. The van der Waals surface area contributed by atoms with Crippen molar-refractivity contribution in [3.63, 3.8) is 0 Å². The smallest absolute Gasteiger partial charge is 0.322 e. The molecule has 5 rings (SSSR count). The van der Waals surface area contributed by atoms with Gasteiger partial charge in [0.15, 0.2) is 0 Å². The molecular weight excluding hydrogens is 550 g/mol. The molecule has 3 aliphatic heterocycles. The topological polar surface area (TPSA) is 81.9 Å². The zero-order valence-electron chi connectivity index (χ0n) is 18.3. The maximum atomic E-state index is 13.1. The first-order valence-electron chi connectivity index (χ1n) is 11.3.